The van der Waals surface area contributed by atoms with Crippen LogP contribution in [-0.2, 0) is 0 Å². The number of carbonyl (C=O) groups excluding carboxylic acids is 1. The van der Waals surface area contributed by atoms with Crippen molar-refractivity contribution in [3.05, 3.63) is 41.2 Å². The predicted octanol–water partition coefficient (Wildman–Crippen LogP) is 1.02. The molecule has 2 N–H and O–H groups in total. The van der Waals surface area contributed by atoms with E-state index in [9.17, 15) is 4.79 Å². The molecule has 1 aromatic carbocycles. The number of aromatic nitrogens is 3. The van der Waals surface area contributed by atoms with Crippen molar-refractivity contribution in [1.82, 2.24) is 15.0 Å². The summed E-state index contributed by atoms with van der Waals surface area (Å²) in [4.78, 5) is 12.5. The molecule has 1 heterocycles. The fourth-order valence-electron chi connectivity index (χ4n) is 1.22. The first kappa shape index (κ1) is 9.67. The van der Waals surface area contributed by atoms with Gasteiger partial charge in [0.25, 0.3) is 5.91 Å². The second-order valence-electron chi connectivity index (χ2n) is 2.84. The van der Waals surface area contributed by atoms with Crippen LogP contribution >= 0.6 is 11.6 Å². The molecular weight excluding hydrogens is 216 g/mol. The van der Waals surface area contributed by atoms with Gasteiger partial charge in [-0.3, -0.25) is 4.79 Å². The summed E-state index contributed by atoms with van der Waals surface area (Å²) in [5, 5.41) is 8.27. The van der Waals surface area contributed by atoms with Crippen molar-refractivity contribution in [2.45, 2.75) is 0 Å². The molecule has 0 saturated carbocycles. The Kier molecular flexibility index (Phi) is 2.39. The molecule has 0 spiro atoms. The lowest BCUT2D eigenvalue weighted by molar-refractivity contribution is 0.1000. The van der Waals surface area contributed by atoms with E-state index in [1.165, 1.54) is 23.3 Å². The second-order valence-corrected chi connectivity index (χ2v) is 3.28. The summed E-state index contributed by atoms with van der Waals surface area (Å²) in [6, 6.07) is 4.78. The Morgan fingerprint density at radius 3 is 2.60 bits per heavy atom. The minimum Gasteiger partial charge on any atom is -0.366 e. The smallest absolute Gasteiger partial charge is 0.251 e. The van der Waals surface area contributed by atoms with Crippen molar-refractivity contribution in [1.29, 1.82) is 0 Å². The molecule has 0 aliphatic heterocycles. The Labute approximate surface area is 90.5 Å². The number of carbonyl (C=O) groups is 1. The van der Waals surface area contributed by atoms with Gasteiger partial charge in [-0.25, -0.2) is 0 Å². The Hall–Kier alpha value is -1.88. The van der Waals surface area contributed by atoms with Crippen LogP contribution in [0.2, 0.25) is 5.02 Å². The van der Waals surface area contributed by atoms with Crippen molar-refractivity contribution in [2.75, 3.05) is 0 Å². The Morgan fingerprint density at radius 1 is 1.33 bits per heavy atom. The molecule has 2 aromatic rings. The van der Waals surface area contributed by atoms with Crippen LogP contribution in [0.3, 0.4) is 0 Å². The molecule has 0 saturated heterocycles. The molecule has 0 atom stereocenters. The third-order valence-electron chi connectivity index (χ3n) is 1.86. The summed E-state index contributed by atoms with van der Waals surface area (Å²) in [6.07, 6.45) is 3.03. The van der Waals surface area contributed by atoms with Crippen LogP contribution in [0.15, 0.2) is 30.6 Å². The summed E-state index contributed by atoms with van der Waals surface area (Å²) in [6.45, 7) is 0. The van der Waals surface area contributed by atoms with Crippen molar-refractivity contribution in [3.63, 3.8) is 0 Å². The van der Waals surface area contributed by atoms with Crippen LogP contribution in [-0.4, -0.2) is 20.9 Å². The summed E-state index contributed by atoms with van der Waals surface area (Å²) in [5.74, 6) is -0.565. The van der Waals surface area contributed by atoms with Gasteiger partial charge in [0, 0.05) is 5.02 Å². The van der Waals surface area contributed by atoms with E-state index in [2.05, 4.69) is 10.2 Å². The van der Waals surface area contributed by atoms with E-state index in [4.69, 9.17) is 17.3 Å². The van der Waals surface area contributed by atoms with Gasteiger partial charge in [-0.15, -0.1) is 0 Å². The molecule has 1 amide bonds. The fourth-order valence-corrected chi connectivity index (χ4v) is 1.39. The van der Waals surface area contributed by atoms with Gasteiger partial charge in [-0.2, -0.15) is 15.0 Å². The van der Waals surface area contributed by atoms with Gasteiger partial charge in [-0.1, -0.05) is 11.6 Å². The number of hydrogen-bond acceptors (Lipinski definition) is 3. The fraction of sp³-hybridized carbons (Fsp3) is 0. The largest absolute Gasteiger partial charge is 0.366 e. The molecule has 2 rings (SSSR count). The van der Waals surface area contributed by atoms with E-state index in [1.807, 2.05) is 0 Å². The number of rotatable bonds is 2. The number of nitrogens with zero attached hydrogens (tertiary/aromatic N) is 3. The Balaban J connectivity index is 2.61. The first-order chi connectivity index (χ1) is 7.18. The number of amides is 1. The van der Waals surface area contributed by atoms with E-state index in [0.29, 0.717) is 16.3 Å². The summed E-state index contributed by atoms with van der Waals surface area (Å²) in [7, 11) is 0. The lowest BCUT2D eigenvalue weighted by atomic mass is 10.2. The maximum absolute atomic E-state index is 11.2. The molecule has 6 heteroatoms. The summed E-state index contributed by atoms with van der Waals surface area (Å²) >= 11 is 5.76. The van der Waals surface area contributed by atoms with Crippen LogP contribution in [0.1, 0.15) is 10.4 Å². The monoisotopic (exact) mass is 222 g/mol. The highest BCUT2D eigenvalue weighted by atomic mass is 35.5. The lowest BCUT2D eigenvalue weighted by Crippen LogP contribution is -2.15. The first-order valence-corrected chi connectivity index (χ1v) is 4.52. The highest BCUT2D eigenvalue weighted by Gasteiger charge is 2.11. The highest BCUT2D eigenvalue weighted by Crippen LogP contribution is 2.17. The zero-order valence-corrected chi connectivity index (χ0v) is 8.35. The molecule has 0 bridgehead atoms. The normalized spacial score (nSPS) is 10.2. The van der Waals surface area contributed by atoms with Crippen molar-refractivity contribution < 1.29 is 4.79 Å². The molecule has 0 aliphatic rings. The van der Waals surface area contributed by atoms with Gasteiger partial charge in [0.2, 0.25) is 0 Å². The van der Waals surface area contributed by atoms with Gasteiger partial charge in [-0.05, 0) is 18.2 Å². The summed E-state index contributed by atoms with van der Waals surface area (Å²) < 4.78 is 0. The number of primary amides is 1. The average molecular weight is 223 g/mol. The van der Waals surface area contributed by atoms with Gasteiger partial charge >= 0.3 is 0 Å². The molecule has 0 radical (unpaired) electrons. The first-order valence-electron chi connectivity index (χ1n) is 4.14. The van der Waals surface area contributed by atoms with E-state index in [1.54, 1.807) is 12.1 Å². The third-order valence-corrected chi connectivity index (χ3v) is 2.09. The molecule has 0 fully saturated rings. The van der Waals surface area contributed by atoms with E-state index < -0.39 is 5.91 Å². The van der Waals surface area contributed by atoms with Gasteiger partial charge in [0.05, 0.1) is 23.6 Å². The van der Waals surface area contributed by atoms with E-state index in [-0.39, 0.29) is 0 Å². The quantitative estimate of drug-likeness (QED) is 0.825. The van der Waals surface area contributed by atoms with Gasteiger partial charge < -0.3 is 5.73 Å². The van der Waals surface area contributed by atoms with Crippen LogP contribution < -0.4 is 5.73 Å². The van der Waals surface area contributed by atoms with Crippen LogP contribution in [0.25, 0.3) is 5.69 Å². The van der Waals surface area contributed by atoms with Crippen molar-refractivity contribution >= 4 is 17.5 Å². The Bertz CT molecular complexity index is 495. The highest BCUT2D eigenvalue weighted by molar-refractivity contribution is 6.31. The summed E-state index contributed by atoms with van der Waals surface area (Å²) in [5.41, 5.74) is 6.02. The SMILES string of the molecule is NC(=O)c1cc(Cl)ccc1-n1nccn1. The molecular formula is C9H7ClN4O. The standard InChI is InChI=1S/C9H7ClN4O/c10-6-1-2-8(7(5-6)9(11)15)14-12-3-4-13-14/h1-5H,(H2,11,15). The van der Waals surface area contributed by atoms with Crippen molar-refractivity contribution in [2.24, 2.45) is 5.73 Å². The zero-order chi connectivity index (χ0) is 10.8. The van der Waals surface area contributed by atoms with Gasteiger partial charge in [0.15, 0.2) is 0 Å². The second kappa shape index (κ2) is 3.70. The minimum atomic E-state index is -0.565. The molecule has 0 aliphatic carbocycles. The predicted molar refractivity (Wildman–Crippen MR) is 54.9 cm³/mol. The van der Waals surface area contributed by atoms with E-state index >= 15 is 0 Å². The number of halogens is 1. The molecule has 0 unspecified atom stereocenters. The number of benzene rings is 1. The third kappa shape index (κ3) is 1.82. The number of nitrogens with two attached hydrogens (primary N) is 1. The Morgan fingerprint density at radius 2 is 2.00 bits per heavy atom. The molecule has 1 aromatic heterocycles. The van der Waals surface area contributed by atoms with E-state index in [0.717, 1.165) is 0 Å². The van der Waals surface area contributed by atoms with Crippen LogP contribution in [0.5, 0.6) is 0 Å². The van der Waals surface area contributed by atoms with Gasteiger partial charge in [0.1, 0.15) is 0 Å². The molecule has 5 nitrogen and oxygen atoms in total. The maximum Gasteiger partial charge on any atom is 0.251 e. The zero-order valence-electron chi connectivity index (χ0n) is 7.59. The average Bonchev–Trinajstić information content (AvgIpc) is 2.70. The maximum atomic E-state index is 11.2. The minimum absolute atomic E-state index is 0.290. The molecule has 76 valence electrons. The van der Waals surface area contributed by atoms with Crippen molar-refractivity contribution in [3.8, 4) is 5.69 Å². The van der Waals surface area contributed by atoms with Crippen LogP contribution in [0.4, 0.5) is 0 Å². The van der Waals surface area contributed by atoms with Crippen LogP contribution in [0, 0.1) is 0 Å². The lowest BCUT2D eigenvalue weighted by Gasteiger charge is -2.05. The molecule has 15 heavy (non-hydrogen) atoms. The topological polar surface area (TPSA) is 73.8 Å². The number of hydrogen-bond donors (Lipinski definition) is 1.